The maximum atomic E-state index is 12.6. The van der Waals surface area contributed by atoms with Crippen molar-refractivity contribution in [3.8, 4) is 0 Å². The number of likely N-dealkylation sites (tertiary alicyclic amines) is 1. The Morgan fingerprint density at radius 2 is 2.08 bits per heavy atom. The Balaban J connectivity index is 1.80. The van der Waals surface area contributed by atoms with E-state index in [1.807, 2.05) is 29.2 Å². The van der Waals surface area contributed by atoms with Crippen molar-refractivity contribution in [3.63, 3.8) is 0 Å². The third-order valence-corrected chi connectivity index (χ3v) is 5.53. The van der Waals surface area contributed by atoms with Crippen molar-refractivity contribution in [2.45, 2.75) is 57.0 Å². The van der Waals surface area contributed by atoms with Crippen molar-refractivity contribution in [2.24, 2.45) is 0 Å². The molecule has 0 aliphatic carbocycles. The van der Waals surface area contributed by atoms with Crippen LogP contribution in [-0.2, 0) is 4.79 Å². The maximum absolute atomic E-state index is 12.6. The summed E-state index contributed by atoms with van der Waals surface area (Å²) in [4.78, 5) is 24.0. The number of aromatic nitrogens is 2. The predicted octanol–water partition coefficient (Wildman–Crippen LogP) is 4.25. The van der Waals surface area contributed by atoms with Crippen LogP contribution in [0, 0.1) is 0 Å². The monoisotopic (exact) mass is 343 g/mol. The molecule has 0 bridgehead atoms. The van der Waals surface area contributed by atoms with Gasteiger partial charge in [-0.3, -0.25) is 4.79 Å². The van der Waals surface area contributed by atoms with Crippen LogP contribution in [0.5, 0.6) is 0 Å². The standard InChI is InChI=1S/C19H25N3OS/c1-13(2)18-20-16-10-5-4-9-15(16)19(21-18)24-12-17(23)22-11-7-6-8-14(22)3/h4-5,9-10,13-14H,6-8,11-12H2,1-3H3/t14-/m0/s1. The van der Waals surface area contributed by atoms with Crippen molar-refractivity contribution >= 4 is 28.6 Å². The fourth-order valence-electron chi connectivity index (χ4n) is 3.11. The number of thioether (sulfide) groups is 1. The molecule has 0 spiro atoms. The first kappa shape index (κ1) is 17.2. The Bertz CT molecular complexity index is 732. The zero-order valence-electron chi connectivity index (χ0n) is 14.7. The molecule has 24 heavy (non-hydrogen) atoms. The van der Waals surface area contributed by atoms with Crippen molar-refractivity contribution in [1.29, 1.82) is 0 Å². The summed E-state index contributed by atoms with van der Waals surface area (Å²) in [7, 11) is 0. The molecule has 1 atom stereocenters. The zero-order valence-corrected chi connectivity index (χ0v) is 15.5. The van der Waals surface area contributed by atoms with E-state index in [1.54, 1.807) is 11.8 Å². The van der Waals surface area contributed by atoms with E-state index in [4.69, 9.17) is 4.98 Å². The molecule has 0 N–H and O–H groups in total. The van der Waals surface area contributed by atoms with Crippen molar-refractivity contribution < 1.29 is 4.79 Å². The second-order valence-electron chi connectivity index (χ2n) is 6.78. The Morgan fingerprint density at radius 3 is 2.83 bits per heavy atom. The van der Waals surface area contributed by atoms with Gasteiger partial charge in [-0.2, -0.15) is 0 Å². The van der Waals surface area contributed by atoms with E-state index in [0.29, 0.717) is 11.8 Å². The molecule has 1 aliphatic heterocycles. The summed E-state index contributed by atoms with van der Waals surface area (Å²) in [5, 5.41) is 1.95. The Hall–Kier alpha value is -1.62. The average Bonchev–Trinajstić information content (AvgIpc) is 2.59. The predicted molar refractivity (Wildman–Crippen MR) is 99.4 cm³/mol. The molecule has 0 saturated carbocycles. The molecular formula is C19H25N3OS. The van der Waals surface area contributed by atoms with Crippen LogP contribution >= 0.6 is 11.8 Å². The summed E-state index contributed by atoms with van der Waals surface area (Å²) < 4.78 is 0. The fourth-order valence-corrected chi connectivity index (χ4v) is 4.03. The summed E-state index contributed by atoms with van der Waals surface area (Å²) in [5.41, 5.74) is 0.956. The molecule has 1 saturated heterocycles. The third-order valence-electron chi connectivity index (χ3n) is 4.56. The lowest BCUT2D eigenvalue weighted by atomic mass is 10.0. The molecule has 2 aromatic rings. The summed E-state index contributed by atoms with van der Waals surface area (Å²) in [5.74, 6) is 1.78. The van der Waals surface area contributed by atoms with Gasteiger partial charge in [0.05, 0.1) is 11.3 Å². The largest absolute Gasteiger partial charge is 0.339 e. The zero-order chi connectivity index (χ0) is 17.1. The molecule has 3 rings (SSSR count). The van der Waals surface area contributed by atoms with Crippen LogP contribution in [0.3, 0.4) is 0 Å². The van der Waals surface area contributed by atoms with E-state index >= 15 is 0 Å². The molecule has 1 fully saturated rings. The summed E-state index contributed by atoms with van der Waals surface area (Å²) in [6.45, 7) is 7.24. The second-order valence-corrected chi connectivity index (χ2v) is 7.74. The third kappa shape index (κ3) is 3.72. The van der Waals surface area contributed by atoms with Crippen LogP contribution < -0.4 is 0 Å². The van der Waals surface area contributed by atoms with Gasteiger partial charge < -0.3 is 4.90 Å². The number of piperidine rings is 1. The van der Waals surface area contributed by atoms with Gasteiger partial charge in [0.15, 0.2) is 0 Å². The van der Waals surface area contributed by atoms with E-state index in [2.05, 4.69) is 25.8 Å². The van der Waals surface area contributed by atoms with Gasteiger partial charge >= 0.3 is 0 Å². The van der Waals surface area contributed by atoms with E-state index in [9.17, 15) is 4.79 Å². The summed E-state index contributed by atoms with van der Waals surface area (Å²) >= 11 is 1.54. The normalized spacial score (nSPS) is 18.3. The van der Waals surface area contributed by atoms with Gasteiger partial charge in [-0.25, -0.2) is 9.97 Å². The number of nitrogens with zero attached hydrogens (tertiary/aromatic N) is 3. The quantitative estimate of drug-likeness (QED) is 0.615. The van der Waals surface area contributed by atoms with Crippen LogP contribution in [-0.4, -0.2) is 39.1 Å². The van der Waals surface area contributed by atoms with Crippen molar-refractivity contribution in [2.75, 3.05) is 12.3 Å². The molecule has 128 valence electrons. The minimum absolute atomic E-state index is 0.223. The molecule has 5 heteroatoms. The van der Waals surface area contributed by atoms with Crippen LogP contribution in [0.1, 0.15) is 51.8 Å². The molecule has 0 radical (unpaired) electrons. The van der Waals surface area contributed by atoms with Gasteiger partial charge in [-0.05, 0) is 32.3 Å². The number of hydrogen-bond donors (Lipinski definition) is 0. The first-order valence-corrected chi connectivity index (χ1v) is 9.73. The van der Waals surface area contributed by atoms with Crippen LogP contribution in [0.2, 0.25) is 0 Å². The summed E-state index contributed by atoms with van der Waals surface area (Å²) in [6, 6.07) is 8.41. The Labute approximate surface area is 148 Å². The van der Waals surface area contributed by atoms with Crippen LogP contribution in [0.15, 0.2) is 29.3 Å². The number of rotatable bonds is 4. The lowest BCUT2D eigenvalue weighted by Crippen LogP contribution is -2.42. The number of benzene rings is 1. The molecule has 1 aliphatic rings. The molecular weight excluding hydrogens is 318 g/mol. The first-order valence-electron chi connectivity index (χ1n) is 8.75. The maximum Gasteiger partial charge on any atom is 0.233 e. The summed E-state index contributed by atoms with van der Waals surface area (Å²) in [6.07, 6.45) is 3.46. The molecule has 0 unspecified atom stereocenters. The second kappa shape index (κ2) is 7.51. The minimum atomic E-state index is 0.223. The van der Waals surface area contributed by atoms with Gasteiger partial charge in [0.25, 0.3) is 0 Å². The van der Waals surface area contributed by atoms with E-state index in [-0.39, 0.29) is 11.8 Å². The number of fused-ring (bicyclic) bond motifs is 1. The molecule has 1 aromatic carbocycles. The van der Waals surface area contributed by atoms with Gasteiger partial charge in [0.2, 0.25) is 5.91 Å². The molecule has 1 aromatic heterocycles. The number of carbonyl (C=O) groups excluding carboxylic acids is 1. The Kier molecular flexibility index (Phi) is 5.39. The van der Waals surface area contributed by atoms with Gasteiger partial charge in [-0.1, -0.05) is 43.8 Å². The van der Waals surface area contributed by atoms with Gasteiger partial charge in [-0.15, -0.1) is 0 Å². The lowest BCUT2D eigenvalue weighted by Gasteiger charge is -2.33. The molecule has 1 amide bonds. The fraction of sp³-hybridized carbons (Fsp3) is 0.526. The van der Waals surface area contributed by atoms with Crippen LogP contribution in [0.4, 0.5) is 0 Å². The number of amides is 1. The van der Waals surface area contributed by atoms with E-state index < -0.39 is 0 Å². The van der Waals surface area contributed by atoms with Crippen molar-refractivity contribution in [1.82, 2.24) is 14.9 Å². The number of carbonyl (C=O) groups is 1. The van der Waals surface area contributed by atoms with Gasteiger partial charge in [0, 0.05) is 23.9 Å². The van der Waals surface area contributed by atoms with Gasteiger partial charge in [0.1, 0.15) is 10.9 Å². The average molecular weight is 343 g/mol. The lowest BCUT2D eigenvalue weighted by molar-refractivity contribution is -0.131. The highest BCUT2D eigenvalue weighted by atomic mass is 32.2. The van der Waals surface area contributed by atoms with Crippen LogP contribution in [0.25, 0.3) is 10.9 Å². The first-order chi connectivity index (χ1) is 11.6. The van der Waals surface area contributed by atoms with Crippen molar-refractivity contribution in [3.05, 3.63) is 30.1 Å². The highest BCUT2D eigenvalue weighted by Gasteiger charge is 2.23. The molecule has 2 heterocycles. The SMILES string of the molecule is CC(C)c1nc(SCC(=O)N2CCCC[C@@H]2C)c2ccccc2n1. The van der Waals surface area contributed by atoms with E-state index in [0.717, 1.165) is 41.1 Å². The smallest absolute Gasteiger partial charge is 0.233 e. The van der Waals surface area contributed by atoms with E-state index in [1.165, 1.54) is 6.42 Å². The topological polar surface area (TPSA) is 46.1 Å². The highest BCUT2D eigenvalue weighted by Crippen LogP contribution is 2.28. The Morgan fingerprint density at radius 1 is 1.29 bits per heavy atom. The highest BCUT2D eigenvalue weighted by molar-refractivity contribution is 8.00. The molecule has 4 nitrogen and oxygen atoms in total. The number of para-hydroxylation sites is 1. The minimum Gasteiger partial charge on any atom is -0.339 e. The number of hydrogen-bond acceptors (Lipinski definition) is 4.